The quantitative estimate of drug-likeness (QED) is 0.816. The van der Waals surface area contributed by atoms with Crippen LogP contribution in [0.15, 0.2) is 30.4 Å². The number of nitrogens with zero attached hydrogens (tertiary/aromatic N) is 1. The van der Waals surface area contributed by atoms with E-state index in [9.17, 15) is 9.18 Å². The molecule has 1 aromatic carbocycles. The van der Waals surface area contributed by atoms with Crippen molar-refractivity contribution in [3.05, 3.63) is 41.2 Å². The van der Waals surface area contributed by atoms with Gasteiger partial charge < -0.3 is 16.0 Å². The molecule has 1 aliphatic carbocycles. The zero-order valence-corrected chi connectivity index (χ0v) is 13.8. The Labute approximate surface area is 140 Å². The SMILES string of the molecule is CN1CCC(N)C2C=CC[C@H](C(=O)Nc3ccc(F)c(Cl)c3)C21. The number of carbonyl (C=O) groups is 1. The van der Waals surface area contributed by atoms with Gasteiger partial charge >= 0.3 is 0 Å². The summed E-state index contributed by atoms with van der Waals surface area (Å²) in [4.78, 5) is 14.9. The van der Waals surface area contributed by atoms with Crippen molar-refractivity contribution in [2.45, 2.75) is 24.9 Å². The molecule has 1 heterocycles. The lowest BCUT2D eigenvalue weighted by Gasteiger charge is -2.46. The number of nitrogens with two attached hydrogens (primary N) is 1. The average molecular weight is 338 g/mol. The van der Waals surface area contributed by atoms with Crippen molar-refractivity contribution in [2.24, 2.45) is 17.6 Å². The van der Waals surface area contributed by atoms with E-state index in [1.807, 2.05) is 13.1 Å². The number of hydrogen-bond acceptors (Lipinski definition) is 3. The maximum Gasteiger partial charge on any atom is 0.229 e. The van der Waals surface area contributed by atoms with Crippen LogP contribution in [0.1, 0.15) is 12.8 Å². The van der Waals surface area contributed by atoms with Crippen molar-refractivity contribution in [3.63, 3.8) is 0 Å². The third-order valence-electron chi connectivity index (χ3n) is 4.90. The summed E-state index contributed by atoms with van der Waals surface area (Å²) in [6.07, 6.45) is 5.80. The first-order chi connectivity index (χ1) is 11.0. The highest BCUT2D eigenvalue weighted by Gasteiger charge is 2.42. The highest BCUT2D eigenvalue weighted by molar-refractivity contribution is 6.31. The summed E-state index contributed by atoms with van der Waals surface area (Å²) < 4.78 is 13.2. The van der Waals surface area contributed by atoms with Gasteiger partial charge in [-0.25, -0.2) is 4.39 Å². The molecule has 0 saturated carbocycles. The molecule has 23 heavy (non-hydrogen) atoms. The Bertz CT molecular complexity index is 636. The maximum atomic E-state index is 13.2. The first-order valence-electron chi connectivity index (χ1n) is 7.86. The topological polar surface area (TPSA) is 58.4 Å². The van der Waals surface area contributed by atoms with Crippen LogP contribution in [0.25, 0.3) is 0 Å². The fraction of sp³-hybridized carbons (Fsp3) is 0.471. The molecular formula is C17H21ClFN3O. The second-order valence-corrected chi connectivity index (χ2v) is 6.80. The van der Waals surface area contributed by atoms with Crippen LogP contribution in [0.2, 0.25) is 5.02 Å². The lowest BCUT2D eigenvalue weighted by atomic mass is 9.73. The minimum atomic E-state index is -0.497. The van der Waals surface area contributed by atoms with Crippen LogP contribution >= 0.6 is 11.6 Å². The Kier molecular flexibility index (Phi) is 4.71. The van der Waals surface area contributed by atoms with Gasteiger partial charge in [0.2, 0.25) is 5.91 Å². The van der Waals surface area contributed by atoms with E-state index in [4.69, 9.17) is 17.3 Å². The van der Waals surface area contributed by atoms with E-state index in [1.165, 1.54) is 18.2 Å². The predicted octanol–water partition coefficient (Wildman–Crippen LogP) is 2.64. The van der Waals surface area contributed by atoms with Crippen LogP contribution in [0.5, 0.6) is 0 Å². The summed E-state index contributed by atoms with van der Waals surface area (Å²) in [5.74, 6) is -0.559. The number of benzene rings is 1. The van der Waals surface area contributed by atoms with Crippen molar-refractivity contribution in [2.75, 3.05) is 18.9 Å². The molecule has 1 aliphatic heterocycles. The predicted molar refractivity (Wildman–Crippen MR) is 89.8 cm³/mol. The van der Waals surface area contributed by atoms with Gasteiger partial charge in [-0.2, -0.15) is 0 Å². The zero-order valence-electron chi connectivity index (χ0n) is 13.0. The summed E-state index contributed by atoms with van der Waals surface area (Å²) in [6.45, 7) is 0.891. The van der Waals surface area contributed by atoms with Gasteiger partial charge in [0.15, 0.2) is 0 Å². The van der Waals surface area contributed by atoms with Gasteiger partial charge in [0.1, 0.15) is 5.82 Å². The molecule has 0 aromatic heterocycles. The lowest BCUT2D eigenvalue weighted by Crippen LogP contribution is -2.57. The minimum Gasteiger partial charge on any atom is -0.327 e. The third kappa shape index (κ3) is 3.27. The molecule has 4 atom stereocenters. The summed E-state index contributed by atoms with van der Waals surface area (Å²) in [5, 5.41) is 2.86. The van der Waals surface area contributed by atoms with Crippen LogP contribution in [-0.4, -0.2) is 36.5 Å². The highest BCUT2D eigenvalue weighted by atomic mass is 35.5. The Morgan fingerprint density at radius 1 is 1.48 bits per heavy atom. The number of allylic oxidation sites excluding steroid dienone is 1. The second kappa shape index (κ2) is 6.59. The van der Waals surface area contributed by atoms with Gasteiger partial charge in [-0.1, -0.05) is 23.8 Å². The van der Waals surface area contributed by atoms with Crippen molar-refractivity contribution < 1.29 is 9.18 Å². The van der Waals surface area contributed by atoms with Crippen molar-refractivity contribution in [1.29, 1.82) is 0 Å². The first kappa shape index (κ1) is 16.4. The number of nitrogens with one attached hydrogen (secondary N) is 1. The number of carbonyl (C=O) groups excluding carboxylic acids is 1. The smallest absolute Gasteiger partial charge is 0.229 e. The third-order valence-corrected chi connectivity index (χ3v) is 5.19. The molecule has 0 spiro atoms. The number of anilines is 1. The normalized spacial score (nSPS) is 30.8. The first-order valence-corrected chi connectivity index (χ1v) is 8.23. The molecule has 0 bridgehead atoms. The maximum absolute atomic E-state index is 13.2. The lowest BCUT2D eigenvalue weighted by molar-refractivity contribution is -0.123. The van der Waals surface area contributed by atoms with E-state index in [1.54, 1.807) is 0 Å². The zero-order chi connectivity index (χ0) is 16.6. The van der Waals surface area contributed by atoms with Gasteiger partial charge in [0, 0.05) is 23.7 Å². The Morgan fingerprint density at radius 2 is 2.26 bits per heavy atom. The molecule has 3 N–H and O–H groups in total. The molecule has 1 saturated heterocycles. The minimum absolute atomic E-state index is 0.000947. The van der Waals surface area contributed by atoms with E-state index in [0.717, 1.165) is 13.0 Å². The molecule has 4 nitrogen and oxygen atoms in total. The Morgan fingerprint density at radius 3 is 3.00 bits per heavy atom. The van der Waals surface area contributed by atoms with Crippen molar-refractivity contribution in [1.82, 2.24) is 4.90 Å². The molecular weight excluding hydrogens is 317 g/mol. The summed E-state index contributed by atoms with van der Waals surface area (Å²) in [6, 6.07) is 4.39. The Hall–Kier alpha value is -1.43. The largest absolute Gasteiger partial charge is 0.327 e. The number of fused-ring (bicyclic) bond motifs is 1. The monoisotopic (exact) mass is 337 g/mol. The van der Waals surface area contributed by atoms with Gasteiger partial charge in [0.25, 0.3) is 0 Å². The fourth-order valence-corrected chi connectivity index (χ4v) is 3.85. The average Bonchev–Trinajstić information content (AvgIpc) is 2.54. The number of amides is 1. The molecule has 3 rings (SSSR count). The molecule has 1 amide bonds. The Balaban J connectivity index is 1.78. The number of rotatable bonds is 2. The van der Waals surface area contributed by atoms with Crippen molar-refractivity contribution >= 4 is 23.2 Å². The number of likely N-dealkylation sites (tertiary alicyclic amines) is 1. The number of halogens is 2. The van der Waals surface area contributed by atoms with Crippen LogP contribution in [0, 0.1) is 17.7 Å². The van der Waals surface area contributed by atoms with Crippen LogP contribution in [-0.2, 0) is 4.79 Å². The standard InChI is InChI=1S/C17H21ClFN3O/c1-22-8-7-15(20)11-3-2-4-12(16(11)22)17(23)21-10-5-6-14(19)13(18)9-10/h2-3,5-6,9,11-12,15-16H,4,7-8,20H2,1H3,(H,21,23)/t11?,12-,15?,16?/m0/s1. The van der Waals surface area contributed by atoms with E-state index in [0.29, 0.717) is 12.1 Å². The number of piperidine rings is 1. The highest BCUT2D eigenvalue weighted by Crippen LogP contribution is 2.34. The van der Waals surface area contributed by atoms with E-state index < -0.39 is 5.82 Å². The molecule has 1 fully saturated rings. The molecule has 3 unspecified atom stereocenters. The van der Waals surface area contributed by atoms with E-state index in [2.05, 4.69) is 16.3 Å². The van der Waals surface area contributed by atoms with Gasteiger partial charge in [-0.05, 0) is 44.6 Å². The molecule has 124 valence electrons. The van der Waals surface area contributed by atoms with Crippen LogP contribution < -0.4 is 11.1 Å². The molecule has 0 radical (unpaired) electrons. The summed E-state index contributed by atoms with van der Waals surface area (Å²) in [5.41, 5.74) is 6.74. The molecule has 6 heteroatoms. The fourth-order valence-electron chi connectivity index (χ4n) is 3.67. The summed E-state index contributed by atoms with van der Waals surface area (Å²) in [7, 11) is 2.04. The number of hydrogen-bond donors (Lipinski definition) is 2. The summed E-state index contributed by atoms with van der Waals surface area (Å²) >= 11 is 5.77. The van der Waals surface area contributed by atoms with Gasteiger partial charge in [-0.3, -0.25) is 4.79 Å². The van der Waals surface area contributed by atoms with E-state index in [-0.39, 0.29) is 34.8 Å². The van der Waals surface area contributed by atoms with Crippen molar-refractivity contribution in [3.8, 4) is 0 Å². The van der Waals surface area contributed by atoms with Gasteiger partial charge in [-0.15, -0.1) is 0 Å². The van der Waals surface area contributed by atoms with Crippen LogP contribution in [0.4, 0.5) is 10.1 Å². The van der Waals surface area contributed by atoms with E-state index >= 15 is 0 Å². The molecule has 1 aromatic rings. The van der Waals surface area contributed by atoms with Crippen LogP contribution in [0.3, 0.4) is 0 Å². The molecule has 2 aliphatic rings. The second-order valence-electron chi connectivity index (χ2n) is 6.39. The van der Waals surface area contributed by atoms with Gasteiger partial charge in [0.05, 0.1) is 10.9 Å².